The first-order valence-corrected chi connectivity index (χ1v) is 6.28. The quantitative estimate of drug-likeness (QED) is 0.697. The van der Waals surface area contributed by atoms with E-state index in [1.165, 1.54) is 0 Å². The van der Waals surface area contributed by atoms with Crippen LogP contribution in [0.1, 0.15) is 18.9 Å². The van der Waals surface area contributed by atoms with Crippen molar-refractivity contribution in [2.45, 2.75) is 26.1 Å². The number of hydrogen-bond acceptors (Lipinski definition) is 3. The molecule has 4 nitrogen and oxygen atoms in total. The van der Waals surface area contributed by atoms with E-state index in [-0.39, 0.29) is 12.7 Å². The van der Waals surface area contributed by atoms with Crippen LogP contribution in [0.15, 0.2) is 42.5 Å². The number of carboxylic acids is 1. The molecular weight excluding hydrogens is 244 g/mol. The summed E-state index contributed by atoms with van der Waals surface area (Å²) in [4.78, 5) is 10.5. The largest absolute Gasteiger partial charge is 0.480 e. The van der Waals surface area contributed by atoms with Gasteiger partial charge in [0, 0.05) is 0 Å². The van der Waals surface area contributed by atoms with Crippen LogP contribution < -0.4 is 0 Å². The summed E-state index contributed by atoms with van der Waals surface area (Å²) in [6, 6.07) is 9.83. The average molecular weight is 264 g/mol. The lowest BCUT2D eigenvalue weighted by Crippen LogP contribution is -2.22. The minimum atomic E-state index is -0.964. The fourth-order valence-electron chi connectivity index (χ4n) is 1.54. The van der Waals surface area contributed by atoms with Crippen molar-refractivity contribution in [2.75, 3.05) is 13.2 Å². The number of allylic oxidation sites excluding steroid dienone is 1. The van der Waals surface area contributed by atoms with Crippen LogP contribution >= 0.6 is 0 Å². The molecule has 104 valence electrons. The predicted molar refractivity (Wildman–Crippen MR) is 72.9 cm³/mol. The van der Waals surface area contributed by atoms with Crippen molar-refractivity contribution < 1.29 is 19.4 Å². The van der Waals surface area contributed by atoms with Crippen molar-refractivity contribution in [2.24, 2.45) is 0 Å². The number of aliphatic carboxylic acids is 1. The third-order valence-electron chi connectivity index (χ3n) is 2.49. The van der Waals surface area contributed by atoms with E-state index in [9.17, 15) is 4.79 Å². The normalized spacial score (nSPS) is 12.7. The maximum atomic E-state index is 10.5. The van der Waals surface area contributed by atoms with E-state index in [0.717, 1.165) is 5.56 Å². The standard InChI is InChI=1S/C15H20O4/c1-2-3-9-14(19-12-15(16)17)11-18-10-13-7-5-4-6-8-13/h2-8,14H,9-12H2,1H3,(H,16,17)/b3-2+/t14-/m1/s1. The van der Waals surface area contributed by atoms with Gasteiger partial charge in [-0.05, 0) is 18.9 Å². The number of carboxylic acid groups (broad SMARTS) is 1. The molecule has 0 aliphatic rings. The Balaban J connectivity index is 2.32. The van der Waals surface area contributed by atoms with E-state index in [0.29, 0.717) is 19.6 Å². The summed E-state index contributed by atoms with van der Waals surface area (Å²) in [5, 5.41) is 8.61. The number of carbonyl (C=O) groups is 1. The summed E-state index contributed by atoms with van der Waals surface area (Å²) in [5.74, 6) is -0.964. The molecule has 0 saturated heterocycles. The van der Waals surface area contributed by atoms with Crippen LogP contribution in [0.5, 0.6) is 0 Å². The molecule has 19 heavy (non-hydrogen) atoms. The fourth-order valence-corrected chi connectivity index (χ4v) is 1.54. The molecule has 1 N–H and O–H groups in total. The van der Waals surface area contributed by atoms with E-state index < -0.39 is 5.97 Å². The molecule has 0 spiro atoms. The zero-order valence-corrected chi connectivity index (χ0v) is 11.1. The van der Waals surface area contributed by atoms with Gasteiger partial charge in [-0.15, -0.1) is 0 Å². The highest BCUT2D eigenvalue weighted by atomic mass is 16.5. The Morgan fingerprint density at radius 2 is 2.11 bits per heavy atom. The van der Waals surface area contributed by atoms with Gasteiger partial charge in [-0.1, -0.05) is 42.5 Å². The van der Waals surface area contributed by atoms with Crippen LogP contribution in [0.4, 0.5) is 0 Å². The molecule has 0 aliphatic heterocycles. The van der Waals surface area contributed by atoms with Crippen LogP contribution in [-0.4, -0.2) is 30.4 Å². The molecule has 0 radical (unpaired) electrons. The molecule has 0 bridgehead atoms. The third kappa shape index (κ3) is 7.39. The molecule has 0 fully saturated rings. The highest BCUT2D eigenvalue weighted by Gasteiger charge is 2.10. The second kappa shape index (κ2) is 9.30. The summed E-state index contributed by atoms with van der Waals surface area (Å²) in [6.45, 7) is 2.51. The smallest absolute Gasteiger partial charge is 0.329 e. The lowest BCUT2D eigenvalue weighted by molar-refractivity contribution is -0.145. The second-order valence-electron chi connectivity index (χ2n) is 4.13. The van der Waals surface area contributed by atoms with E-state index in [4.69, 9.17) is 14.6 Å². The Bertz CT molecular complexity index is 386. The SMILES string of the molecule is C/C=C/C[C@H](COCc1ccccc1)OCC(=O)O. The van der Waals surface area contributed by atoms with Crippen molar-refractivity contribution in [1.29, 1.82) is 0 Å². The Morgan fingerprint density at radius 1 is 1.37 bits per heavy atom. The molecule has 0 aliphatic carbocycles. The molecule has 1 aromatic rings. The van der Waals surface area contributed by atoms with Gasteiger partial charge in [-0.25, -0.2) is 4.79 Å². The number of hydrogen-bond donors (Lipinski definition) is 1. The Labute approximate surface area is 113 Å². The molecule has 0 aromatic heterocycles. The lowest BCUT2D eigenvalue weighted by Gasteiger charge is -2.15. The Kier molecular flexibility index (Phi) is 7.54. The van der Waals surface area contributed by atoms with Crippen molar-refractivity contribution in [1.82, 2.24) is 0 Å². The average Bonchev–Trinajstić information content (AvgIpc) is 2.42. The van der Waals surface area contributed by atoms with E-state index in [1.807, 2.05) is 49.4 Å². The molecule has 0 unspecified atom stereocenters. The molecule has 0 heterocycles. The number of ether oxygens (including phenoxy) is 2. The fraction of sp³-hybridized carbons (Fsp3) is 0.400. The summed E-state index contributed by atoms with van der Waals surface area (Å²) in [7, 11) is 0. The van der Waals surface area contributed by atoms with Gasteiger partial charge >= 0.3 is 5.97 Å². The van der Waals surface area contributed by atoms with Gasteiger partial charge in [0.15, 0.2) is 0 Å². The Hall–Kier alpha value is -1.65. The van der Waals surface area contributed by atoms with Gasteiger partial charge in [-0.2, -0.15) is 0 Å². The van der Waals surface area contributed by atoms with Crippen LogP contribution in [0.25, 0.3) is 0 Å². The summed E-state index contributed by atoms with van der Waals surface area (Å²) < 4.78 is 10.8. The van der Waals surface area contributed by atoms with Gasteiger partial charge in [0.1, 0.15) is 6.61 Å². The van der Waals surface area contributed by atoms with Crippen LogP contribution in [-0.2, 0) is 20.9 Å². The van der Waals surface area contributed by atoms with E-state index in [1.54, 1.807) is 0 Å². The van der Waals surface area contributed by atoms with Crippen LogP contribution in [0.3, 0.4) is 0 Å². The maximum Gasteiger partial charge on any atom is 0.329 e. The molecule has 1 rings (SSSR count). The van der Waals surface area contributed by atoms with Crippen molar-refractivity contribution in [3.05, 3.63) is 48.0 Å². The van der Waals surface area contributed by atoms with Gasteiger partial charge in [0.25, 0.3) is 0 Å². The molecule has 1 atom stereocenters. The van der Waals surface area contributed by atoms with E-state index >= 15 is 0 Å². The van der Waals surface area contributed by atoms with E-state index in [2.05, 4.69) is 0 Å². The zero-order valence-electron chi connectivity index (χ0n) is 11.1. The maximum absolute atomic E-state index is 10.5. The highest BCUT2D eigenvalue weighted by molar-refractivity contribution is 5.68. The molecule has 4 heteroatoms. The molecule has 1 aromatic carbocycles. The highest BCUT2D eigenvalue weighted by Crippen LogP contribution is 2.05. The van der Waals surface area contributed by atoms with Crippen molar-refractivity contribution >= 4 is 5.97 Å². The van der Waals surface area contributed by atoms with Gasteiger partial charge in [0.05, 0.1) is 19.3 Å². The molecule has 0 amide bonds. The lowest BCUT2D eigenvalue weighted by atomic mass is 10.2. The van der Waals surface area contributed by atoms with Crippen molar-refractivity contribution in [3.8, 4) is 0 Å². The summed E-state index contributed by atoms with van der Waals surface area (Å²) in [6.07, 6.45) is 4.28. The molecular formula is C15H20O4. The zero-order chi connectivity index (χ0) is 13.9. The first-order valence-electron chi connectivity index (χ1n) is 6.28. The first kappa shape index (κ1) is 15.4. The summed E-state index contributed by atoms with van der Waals surface area (Å²) in [5.41, 5.74) is 1.09. The Morgan fingerprint density at radius 3 is 2.74 bits per heavy atom. The topological polar surface area (TPSA) is 55.8 Å². The minimum Gasteiger partial charge on any atom is -0.480 e. The number of rotatable bonds is 9. The minimum absolute atomic E-state index is 0.226. The second-order valence-corrected chi connectivity index (χ2v) is 4.13. The van der Waals surface area contributed by atoms with Crippen LogP contribution in [0.2, 0.25) is 0 Å². The van der Waals surface area contributed by atoms with Crippen LogP contribution in [0, 0.1) is 0 Å². The summed E-state index contributed by atoms with van der Waals surface area (Å²) >= 11 is 0. The predicted octanol–water partition coefficient (Wildman–Crippen LogP) is 2.64. The van der Waals surface area contributed by atoms with Crippen molar-refractivity contribution in [3.63, 3.8) is 0 Å². The first-order chi connectivity index (χ1) is 9.22. The van der Waals surface area contributed by atoms with Gasteiger partial charge < -0.3 is 14.6 Å². The van der Waals surface area contributed by atoms with Gasteiger partial charge in [0.2, 0.25) is 0 Å². The number of benzene rings is 1. The third-order valence-corrected chi connectivity index (χ3v) is 2.49. The van der Waals surface area contributed by atoms with Gasteiger partial charge in [-0.3, -0.25) is 0 Å². The molecule has 0 saturated carbocycles. The monoisotopic (exact) mass is 264 g/mol.